The van der Waals surface area contributed by atoms with Crippen molar-refractivity contribution in [2.24, 2.45) is 0 Å². The van der Waals surface area contributed by atoms with Gasteiger partial charge in [0.2, 0.25) is 0 Å². The Morgan fingerprint density at radius 1 is 0.316 bits per heavy atom. The lowest BCUT2D eigenvalue weighted by Crippen LogP contribution is -2.28. The van der Waals surface area contributed by atoms with Crippen LogP contribution in [0.25, 0.3) is 0 Å². The second-order valence-electron chi connectivity index (χ2n) is 21.1. The van der Waals surface area contributed by atoms with E-state index in [1.165, 1.54) is 173 Å². The normalized spacial score (nSPS) is 13.0. The Labute approximate surface area is 471 Å². The second-order valence-corrected chi connectivity index (χ2v) is 21.1. The van der Waals surface area contributed by atoms with E-state index in [1.54, 1.807) is 0 Å². The molecule has 0 saturated carbocycles. The molecule has 0 bridgehead atoms. The lowest BCUT2D eigenvalue weighted by Gasteiger charge is -2.15. The van der Waals surface area contributed by atoms with Crippen molar-refractivity contribution in [3.05, 3.63) is 122 Å². The van der Waals surface area contributed by atoms with E-state index < -0.39 is 6.10 Å². The summed E-state index contributed by atoms with van der Waals surface area (Å²) in [6, 6.07) is 0. The van der Waals surface area contributed by atoms with E-state index in [9.17, 15) is 14.7 Å². The summed E-state index contributed by atoms with van der Waals surface area (Å²) in [4.78, 5) is 24.6. The maximum absolute atomic E-state index is 12.3. The summed E-state index contributed by atoms with van der Waals surface area (Å²) in [5, 5.41) is 9.67. The minimum atomic E-state index is -0.780. The summed E-state index contributed by atoms with van der Waals surface area (Å²) < 4.78 is 10.7. The van der Waals surface area contributed by atoms with Gasteiger partial charge in [0.15, 0.2) is 6.10 Å². The Bertz CT molecular complexity index is 1520. The maximum Gasteiger partial charge on any atom is 0.306 e. The third-order valence-electron chi connectivity index (χ3n) is 13.7. The highest BCUT2D eigenvalue weighted by Crippen LogP contribution is 2.16. The van der Waals surface area contributed by atoms with Gasteiger partial charge in [0, 0.05) is 12.8 Å². The van der Waals surface area contributed by atoms with Crippen LogP contribution >= 0.6 is 0 Å². The van der Waals surface area contributed by atoms with Crippen LogP contribution in [0.4, 0.5) is 0 Å². The van der Waals surface area contributed by atoms with Crippen LogP contribution in [0.15, 0.2) is 122 Å². The number of allylic oxidation sites excluding steroid dienone is 20. The van der Waals surface area contributed by atoms with E-state index >= 15 is 0 Å². The topological polar surface area (TPSA) is 72.8 Å². The number of unbranched alkanes of at least 4 members (excludes halogenated alkanes) is 30. The highest BCUT2D eigenvalue weighted by Gasteiger charge is 2.16. The van der Waals surface area contributed by atoms with Gasteiger partial charge in [-0.2, -0.15) is 0 Å². The molecule has 0 aromatic rings. The van der Waals surface area contributed by atoms with Gasteiger partial charge in [0.25, 0.3) is 0 Å². The molecule has 0 aliphatic heterocycles. The molecule has 5 nitrogen and oxygen atoms in total. The van der Waals surface area contributed by atoms with E-state index in [0.717, 1.165) is 96.3 Å². The predicted molar refractivity (Wildman–Crippen MR) is 334 cm³/mol. The predicted octanol–water partition coefficient (Wildman–Crippen LogP) is 22.2. The van der Waals surface area contributed by atoms with Crippen molar-refractivity contribution in [2.75, 3.05) is 13.2 Å². The van der Waals surface area contributed by atoms with Crippen LogP contribution in [0, 0.1) is 0 Å². The van der Waals surface area contributed by atoms with Crippen molar-refractivity contribution >= 4 is 11.9 Å². The zero-order chi connectivity index (χ0) is 54.8. The van der Waals surface area contributed by atoms with E-state index in [0.29, 0.717) is 12.8 Å². The van der Waals surface area contributed by atoms with E-state index in [-0.39, 0.29) is 25.2 Å². The number of esters is 2. The van der Waals surface area contributed by atoms with Gasteiger partial charge in [-0.15, -0.1) is 0 Å². The first kappa shape index (κ1) is 72.3. The fourth-order valence-electron chi connectivity index (χ4n) is 8.96. The molecule has 5 heteroatoms. The largest absolute Gasteiger partial charge is 0.462 e. The van der Waals surface area contributed by atoms with Gasteiger partial charge in [-0.05, 0) is 109 Å². The summed E-state index contributed by atoms with van der Waals surface area (Å²) in [7, 11) is 0. The number of hydrogen-bond acceptors (Lipinski definition) is 5. The fourth-order valence-corrected chi connectivity index (χ4v) is 8.96. The number of carbonyl (C=O) groups excluding carboxylic acids is 2. The Morgan fingerprint density at radius 2 is 0.566 bits per heavy atom. The quantitative estimate of drug-likeness (QED) is 0.0373. The van der Waals surface area contributed by atoms with Crippen LogP contribution in [0.3, 0.4) is 0 Å². The number of hydrogen-bond donors (Lipinski definition) is 1. The molecule has 1 N–H and O–H groups in total. The first-order valence-electron chi connectivity index (χ1n) is 32.1. The fraction of sp³-hybridized carbons (Fsp3) is 0.690. The molecular formula is C71H120O5. The van der Waals surface area contributed by atoms with Crippen LogP contribution in [0.1, 0.15) is 296 Å². The Hall–Kier alpha value is -3.70. The molecule has 0 heterocycles. The standard InChI is InChI=1S/C71H120O5/c1-3-5-7-9-11-13-15-17-19-21-23-25-26-27-28-29-30-31-32-33-34-35-36-37-38-39-40-41-42-43-44-46-48-50-52-54-56-58-60-62-64-66-71(74)76-69(67-72)68-75-70(73)65-63-61-59-57-55-53-51-49-47-45-24-22-20-18-16-14-12-10-8-6-4-2/h5,7,11,13,17,19,22-25,27-28,30-31,33-34,36-37,39-40,69,72H,3-4,6,8-10,12,14-16,18,20-21,26,29,32,35,38,41-68H2,1-2H3/b7-5-,13-11-,19-17-,24-22-,25-23-,28-27-,31-30-,34-33-,37-36-,40-39-. The smallest absolute Gasteiger partial charge is 0.306 e. The Balaban J connectivity index is 3.52. The van der Waals surface area contributed by atoms with Crippen LogP contribution in [-0.4, -0.2) is 36.4 Å². The summed E-state index contributed by atoms with van der Waals surface area (Å²) in [6.45, 7) is 4.04. The van der Waals surface area contributed by atoms with Crippen molar-refractivity contribution in [3.63, 3.8) is 0 Å². The van der Waals surface area contributed by atoms with Gasteiger partial charge >= 0.3 is 11.9 Å². The van der Waals surface area contributed by atoms with Gasteiger partial charge in [0.05, 0.1) is 6.61 Å². The number of rotatable bonds is 58. The van der Waals surface area contributed by atoms with Crippen LogP contribution < -0.4 is 0 Å². The molecule has 0 radical (unpaired) electrons. The first-order chi connectivity index (χ1) is 37.6. The first-order valence-corrected chi connectivity index (χ1v) is 32.1. The molecule has 0 rings (SSSR count). The van der Waals surface area contributed by atoms with Gasteiger partial charge in [-0.25, -0.2) is 0 Å². The monoisotopic (exact) mass is 1050 g/mol. The molecule has 0 aromatic carbocycles. The zero-order valence-corrected chi connectivity index (χ0v) is 49.7. The van der Waals surface area contributed by atoms with Gasteiger partial charge < -0.3 is 14.6 Å². The molecular weight excluding hydrogens is 933 g/mol. The molecule has 434 valence electrons. The summed E-state index contributed by atoms with van der Waals surface area (Å²) >= 11 is 0. The highest BCUT2D eigenvalue weighted by atomic mass is 16.6. The van der Waals surface area contributed by atoms with Crippen LogP contribution in [0.5, 0.6) is 0 Å². The zero-order valence-electron chi connectivity index (χ0n) is 49.7. The van der Waals surface area contributed by atoms with Gasteiger partial charge in [0.1, 0.15) is 6.61 Å². The minimum Gasteiger partial charge on any atom is -0.462 e. The lowest BCUT2D eigenvalue weighted by atomic mass is 10.0. The molecule has 1 unspecified atom stereocenters. The molecule has 0 spiro atoms. The summed E-state index contributed by atoms with van der Waals surface area (Å²) in [5.74, 6) is -0.590. The van der Waals surface area contributed by atoms with Crippen LogP contribution in [0.2, 0.25) is 0 Å². The van der Waals surface area contributed by atoms with Crippen molar-refractivity contribution in [3.8, 4) is 0 Å². The SMILES string of the molecule is CC/C=C\C/C=C\C/C=C\C/C=C\C/C=C\C/C=C\C/C=C\C/C=C\C/C=C\CCCCCCCCCCCCCCCC(=O)OC(CO)COC(=O)CCCCCCCCCCC/C=C\CCCCCCCCCC. The van der Waals surface area contributed by atoms with Crippen LogP contribution in [-0.2, 0) is 19.1 Å². The van der Waals surface area contributed by atoms with Gasteiger partial charge in [-0.3, -0.25) is 9.59 Å². The maximum atomic E-state index is 12.3. The molecule has 1 atom stereocenters. The minimum absolute atomic E-state index is 0.0699. The summed E-state index contributed by atoms with van der Waals surface area (Å²) in [6.07, 6.45) is 96.2. The Morgan fingerprint density at radius 3 is 0.868 bits per heavy atom. The van der Waals surface area contributed by atoms with Gasteiger partial charge in [-0.1, -0.05) is 296 Å². The van der Waals surface area contributed by atoms with E-state index in [2.05, 4.69) is 135 Å². The second kappa shape index (κ2) is 65.6. The van der Waals surface area contributed by atoms with Crippen molar-refractivity contribution in [1.82, 2.24) is 0 Å². The third-order valence-corrected chi connectivity index (χ3v) is 13.7. The number of ether oxygens (including phenoxy) is 2. The molecule has 76 heavy (non-hydrogen) atoms. The number of aliphatic hydroxyl groups is 1. The average Bonchev–Trinajstić information content (AvgIpc) is 3.42. The molecule has 0 aromatic heterocycles. The average molecular weight is 1050 g/mol. The third kappa shape index (κ3) is 62.8. The number of aliphatic hydroxyl groups excluding tert-OH is 1. The Kier molecular flexibility index (Phi) is 62.4. The summed E-state index contributed by atoms with van der Waals surface area (Å²) in [5.41, 5.74) is 0. The highest BCUT2D eigenvalue weighted by molar-refractivity contribution is 5.70. The number of carbonyl (C=O) groups is 2. The molecule has 0 aliphatic rings. The molecule has 0 aliphatic carbocycles. The molecule has 0 saturated heterocycles. The van der Waals surface area contributed by atoms with E-state index in [1.807, 2.05) is 0 Å². The van der Waals surface area contributed by atoms with Crippen molar-refractivity contribution in [1.29, 1.82) is 0 Å². The van der Waals surface area contributed by atoms with Crippen molar-refractivity contribution < 1.29 is 24.2 Å². The molecule has 0 fully saturated rings. The molecule has 0 amide bonds. The lowest BCUT2D eigenvalue weighted by molar-refractivity contribution is -0.161. The van der Waals surface area contributed by atoms with Crippen molar-refractivity contribution in [2.45, 2.75) is 302 Å². The van der Waals surface area contributed by atoms with E-state index in [4.69, 9.17) is 9.47 Å².